The lowest BCUT2D eigenvalue weighted by Crippen LogP contribution is -2.32. The van der Waals surface area contributed by atoms with Crippen LogP contribution in [0.3, 0.4) is 0 Å². The van der Waals surface area contributed by atoms with E-state index in [2.05, 4.69) is 9.47 Å². The summed E-state index contributed by atoms with van der Waals surface area (Å²) in [5.74, 6) is -1.04. The summed E-state index contributed by atoms with van der Waals surface area (Å²) >= 11 is 0. The van der Waals surface area contributed by atoms with Crippen molar-refractivity contribution in [2.75, 3.05) is 0 Å². The molecule has 0 aromatic heterocycles. The SMILES string of the molecule is OB(O)c1cc2c(cc1F)OC(F)O2. The Kier molecular flexibility index (Phi) is 2.05. The molecule has 74 valence electrons. The second-order valence-corrected chi connectivity index (χ2v) is 2.70. The number of ether oxygens (including phenoxy) is 2. The van der Waals surface area contributed by atoms with Crippen molar-refractivity contribution >= 4 is 12.6 Å². The van der Waals surface area contributed by atoms with Gasteiger partial charge in [-0.05, 0) is 6.07 Å². The molecule has 2 N–H and O–H groups in total. The molecular formula is C7H5BF2O4. The van der Waals surface area contributed by atoms with Gasteiger partial charge in [0, 0.05) is 11.5 Å². The second-order valence-electron chi connectivity index (χ2n) is 2.70. The molecule has 0 saturated carbocycles. The molecule has 0 bridgehead atoms. The maximum Gasteiger partial charge on any atom is 0.491 e. The monoisotopic (exact) mass is 202 g/mol. The van der Waals surface area contributed by atoms with Crippen LogP contribution in [0, 0.1) is 5.82 Å². The fourth-order valence-electron chi connectivity index (χ4n) is 1.16. The Hall–Kier alpha value is -1.34. The summed E-state index contributed by atoms with van der Waals surface area (Å²) in [6.45, 7) is -1.98. The smallest absolute Gasteiger partial charge is 0.425 e. The van der Waals surface area contributed by atoms with Crippen LogP contribution in [-0.4, -0.2) is 23.7 Å². The summed E-state index contributed by atoms with van der Waals surface area (Å²) in [5.41, 5.74) is -0.388. The van der Waals surface area contributed by atoms with E-state index in [0.29, 0.717) is 0 Å². The average molecular weight is 202 g/mol. The number of benzene rings is 1. The topological polar surface area (TPSA) is 58.9 Å². The van der Waals surface area contributed by atoms with Crippen LogP contribution in [0.1, 0.15) is 0 Å². The molecule has 1 aromatic rings. The van der Waals surface area contributed by atoms with Crippen LogP contribution in [-0.2, 0) is 0 Å². The normalized spacial score (nSPS) is 18.4. The minimum Gasteiger partial charge on any atom is -0.425 e. The zero-order valence-electron chi connectivity index (χ0n) is 6.78. The number of hydrogen-bond acceptors (Lipinski definition) is 4. The molecule has 1 aliphatic heterocycles. The summed E-state index contributed by atoms with van der Waals surface area (Å²) in [6, 6.07) is 1.82. The Bertz CT molecular complexity index is 371. The summed E-state index contributed by atoms with van der Waals surface area (Å²) in [4.78, 5) is 0. The molecule has 0 amide bonds. The molecule has 0 radical (unpaired) electrons. The molecule has 1 aliphatic rings. The quantitative estimate of drug-likeness (QED) is 0.604. The van der Waals surface area contributed by atoms with Crippen LogP contribution in [0.4, 0.5) is 8.78 Å². The van der Waals surface area contributed by atoms with Gasteiger partial charge in [0.2, 0.25) is 0 Å². The van der Waals surface area contributed by atoms with Crippen molar-refractivity contribution in [3.8, 4) is 11.5 Å². The van der Waals surface area contributed by atoms with E-state index in [1.807, 2.05) is 0 Å². The van der Waals surface area contributed by atoms with Gasteiger partial charge in [-0.25, -0.2) is 4.39 Å². The van der Waals surface area contributed by atoms with Gasteiger partial charge in [-0.3, -0.25) is 0 Å². The molecule has 0 aliphatic carbocycles. The highest BCUT2D eigenvalue weighted by molar-refractivity contribution is 6.58. The number of halogens is 2. The van der Waals surface area contributed by atoms with E-state index in [0.717, 1.165) is 12.1 Å². The molecule has 1 atom stereocenters. The third-order valence-electron chi connectivity index (χ3n) is 1.78. The molecule has 1 aromatic carbocycles. The van der Waals surface area contributed by atoms with Gasteiger partial charge in [0.05, 0.1) is 0 Å². The van der Waals surface area contributed by atoms with Crippen molar-refractivity contribution in [2.45, 2.75) is 6.54 Å². The standard InChI is InChI=1S/C7H5BF2O4/c9-4-2-6-5(13-7(10)14-6)1-3(4)8(11)12/h1-2,7,11-12H. The first kappa shape index (κ1) is 9.23. The Labute approximate surface area is 77.8 Å². The van der Waals surface area contributed by atoms with Crippen LogP contribution in [0.2, 0.25) is 0 Å². The fourth-order valence-corrected chi connectivity index (χ4v) is 1.16. The van der Waals surface area contributed by atoms with E-state index in [-0.39, 0.29) is 17.0 Å². The van der Waals surface area contributed by atoms with Crippen molar-refractivity contribution in [1.82, 2.24) is 0 Å². The molecular weight excluding hydrogens is 197 g/mol. The molecule has 4 nitrogen and oxygen atoms in total. The van der Waals surface area contributed by atoms with Gasteiger partial charge >= 0.3 is 13.7 Å². The van der Waals surface area contributed by atoms with Crippen LogP contribution in [0.5, 0.6) is 11.5 Å². The maximum absolute atomic E-state index is 13.0. The van der Waals surface area contributed by atoms with Gasteiger partial charge in [-0.1, -0.05) is 0 Å². The van der Waals surface area contributed by atoms with Crippen LogP contribution in [0.15, 0.2) is 12.1 Å². The van der Waals surface area contributed by atoms with Crippen molar-refractivity contribution in [1.29, 1.82) is 0 Å². The Morgan fingerprint density at radius 3 is 2.36 bits per heavy atom. The fraction of sp³-hybridized carbons (Fsp3) is 0.143. The van der Waals surface area contributed by atoms with Crippen molar-refractivity contribution < 1.29 is 28.3 Å². The van der Waals surface area contributed by atoms with Gasteiger partial charge < -0.3 is 19.5 Å². The number of hydrogen-bond donors (Lipinski definition) is 2. The lowest BCUT2D eigenvalue weighted by molar-refractivity contribution is -0.0652. The number of fused-ring (bicyclic) bond motifs is 1. The Morgan fingerprint density at radius 1 is 1.21 bits per heavy atom. The predicted octanol–water partition coefficient (Wildman–Crippen LogP) is -0.470. The van der Waals surface area contributed by atoms with Crippen molar-refractivity contribution in [3.05, 3.63) is 17.9 Å². The molecule has 1 heterocycles. The summed E-state index contributed by atoms with van der Waals surface area (Å²) in [6.07, 6.45) is 0. The third-order valence-corrected chi connectivity index (χ3v) is 1.78. The highest BCUT2D eigenvalue weighted by Gasteiger charge is 2.28. The number of rotatable bonds is 1. The van der Waals surface area contributed by atoms with Gasteiger partial charge in [-0.15, -0.1) is 0 Å². The van der Waals surface area contributed by atoms with E-state index >= 15 is 0 Å². The van der Waals surface area contributed by atoms with Crippen molar-refractivity contribution in [3.63, 3.8) is 0 Å². The third kappa shape index (κ3) is 1.40. The van der Waals surface area contributed by atoms with Crippen LogP contribution in [0.25, 0.3) is 0 Å². The first-order valence-electron chi connectivity index (χ1n) is 3.75. The molecule has 14 heavy (non-hydrogen) atoms. The molecule has 0 saturated heterocycles. The van der Waals surface area contributed by atoms with Gasteiger partial charge in [-0.2, -0.15) is 4.39 Å². The lowest BCUT2D eigenvalue weighted by Gasteiger charge is -2.02. The lowest BCUT2D eigenvalue weighted by atomic mass is 9.80. The minimum atomic E-state index is -1.98. The van der Waals surface area contributed by atoms with Crippen LogP contribution < -0.4 is 14.9 Å². The van der Waals surface area contributed by atoms with E-state index < -0.39 is 19.5 Å². The van der Waals surface area contributed by atoms with E-state index in [1.165, 1.54) is 0 Å². The Morgan fingerprint density at radius 2 is 1.79 bits per heavy atom. The zero-order valence-corrected chi connectivity index (χ0v) is 6.78. The van der Waals surface area contributed by atoms with E-state index in [9.17, 15) is 8.78 Å². The van der Waals surface area contributed by atoms with Gasteiger partial charge in [0.15, 0.2) is 11.5 Å². The molecule has 0 fully saturated rings. The van der Waals surface area contributed by atoms with Crippen molar-refractivity contribution in [2.24, 2.45) is 0 Å². The molecule has 0 spiro atoms. The van der Waals surface area contributed by atoms with Gasteiger partial charge in [0.1, 0.15) is 5.82 Å². The van der Waals surface area contributed by atoms with Crippen LogP contribution >= 0.6 is 0 Å². The maximum atomic E-state index is 13.0. The van der Waals surface area contributed by atoms with Gasteiger partial charge in [0.25, 0.3) is 0 Å². The zero-order chi connectivity index (χ0) is 10.3. The first-order chi connectivity index (χ1) is 6.58. The van der Waals surface area contributed by atoms with E-state index in [4.69, 9.17) is 10.0 Å². The average Bonchev–Trinajstić information content (AvgIpc) is 2.42. The minimum absolute atomic E-state index is 0.0537. The highest BCUT2D eigenvalue weighted by atomic mass is 19.2. The number of alkyl halides is 1. The predicted molar refractivity (Wildman–Crippen MR) is 42.4 cm³/mol. The molecule has 1 unspecified atom stereocenters. The first-order valence-corrected chi connectivity index (χ1v) is 3.75. The van der Waals surface area contributed by atoms with E-state index in [1.54, 1.807) is 0 Å². The second kappa shape index (κ2) is 3.11. The highest BCUT2D eigenvalue weighted by Crippen LogP contribution is 2.34. The summed E-state index contributed by atoms with van der Waals surface area (Å²) in [7, 11) is -1.97. The molecule has 2 rings (SSSR count). The molecule has 7 heteroatoms. The summed E-state index contributed by atoms with van der Waals surface area (Å²) in [5, 5.41) is 17.5. The summed E-state index contributed by atoms with van der Waals surface area (Å²) < 4.78 is 34.4. The largest absolute Gasteiger partial charge is 0.491 e. The Balaban J connectivity index is 2.45.